The van der Waals surface area contributed by atoms with Crippen LogP contribution in [0.15, 0.2) is 0 Å². The van der Waals surface area contributed by atoms with Crippen LogP contribution in [0.5, 0.6) is 0 Å². The van der Waals surface area contributed by atoms with Gasteiger partial charge in [-0.05, 0) is 48.9 Å². The van der Waals surface area contributed by atoms with Gasteiger partial charge in [0.1, 0.15) is 0 Å². The van der Waals surface area contributed by atoms with Gasteiger partial charge in [-0.2, -0.15) is 0 Å². The van der Waals surface area contributed by atoms with E-state index in [1.807, 2.05) is 0 Å². The molecule has 0 aromatic heterocycles. The smallest absolute Gasteiger partial charge is 0.0126 e. The Kier molecular flexibility index (Phi) is 3.36. The highest BCUT2D eigenvalue weighted by atomic mass is 15.0. The van der Waals surface area contributed by atoms with Crippen LogP contribution in [0.25, 0.3) is 0 Å². The molecule has 0 aromatic rings. The number of fused-ring (bicyclic) bond motifs is 2. The van der Waals surface area contributed by atoms with E-state index < -0.39 is 0 Å². The van der Waals surface area contributed by atoms with E-state index in [9.17, 15) is 0 Å². The van der Waals surface area contributed by atoms with E-state index in [2.05, 4.69) is 39.9 Å². The molecule has 2 atom stereocenters. The minimum atomic E-state index is 0.518. The molecule has 0 spiro atoms. The van der Waals surface area contributed by atoms with Gasteiger partial charge in [-0.15, -0.1) is 0 Å². The van der Waals surface area contributed by atoms with E-state index in [1.54, 1.807) is 0 Å². The zero-order valence-corrected chi connectivity index (χ0v) is 11.7. The van der Waals surface area contributed by atoms with Crippen molar-refractivity contribution in [2.45, 2.75) is 72.4 Å². The van der Waals surface area contributed by atoms with Crippen LogP contribution in [0.1, 0.15) is 60.3 Å². The summed E-state index contributed by atoms with van der Waals surface area (Å²) in [7, 11) is 0. The fraction of sp³-hybridized carbons (Fsp3) is 1.00. The number of nitrogens with one attached hydrogen (secondary N) is 1. The molecule has 0 heterocycles. The van der Waals surface area contributed by atoms with Gasteiger partial charge < -0.3 is 5.32 Å². The van der Waals surface area contributed by atoms with Crippen LogP contribution < -0.4 is 5.32 Å². The molecule has 2 fully saturated rings. The van der Waals surface area contributed by atoms with Gasteiger partial charge in [0.2, 0.25) is 0 Å². The summed E-state index contributed by atoms with van der Waals surface area (Å²) in [6.45, 7) is 11.8. The Balaban J connectivity index is 2.01. The summed E-state index contributed by atoms with van der Waals surface area (Å²) in [5, 5.41) is 3.82. The van der Waals surface area contributed by atoms with Crippen LogP contribution >= 0.6 is 0 Å². The third-order valence-electron chi connectivity index (χ3n) is 4.85. The predicted molar refractivity (Wildman–Crippen MR) is 70.5 cm³/mol. The molecule has 16 heavy (non-hydrogen) atoms. The topological polar surface area (TPSA) is 12.0 Å². The summed E-state index contributed by atoms with van der Waals surface area (Å²) in [6, 6.07) is 1.48. The lowest BCUT2D eigenvalue weighted by Gasteiger charge is -2.42. The Labute approximate surface area is 101 Å². The largest absolute Gasteiger partial charge is 0.311 e. The van der Waals surface area contributed by atoms with Crippen LogP contribution in [0.2, 0.25) is 0 Å². The highest BCUT2D eigenvalue weighted by molar-refractivity contribution is 4.99. The molecule has 2 rings (SSSR count). The van der Waals surface area contributed by atoms with Crippen molar-refractivity contribution in [2.24, 2.45) is 23.2 Å². The molecule has 0 aliphatic heterocycles. The maximum absolute atomic E-state index is 3.82. The molecule has 2 aliphatic rings. The molecule has 0 aromatic carbocycles. The van der Waals surface area contributed by atoms with E-state index in [0.717, 1.165) is 23.8 Å². The van der Waals surface area contributed by atoms with Gasteiger partial charge in [0.15, 0.2) is 0 Å². The highest BCUT2D eigenvalue weighted by Gasteiger charge is 2.45. The van der Waals surface area contributed by atoms with Gasteiger partial charge >= 0.3 is 0 Å². The first-order valence-corrected chi connectivity index (χ1v) is 7.14. The number of rotatable bonds is 2. The second-order valence-corrected chi connectivity index (χ2v) is 7.48. The zero-order valence-electron chi connectivity index (χ0n) is 11.7. The lowest BCUT2D eigenvalue weighted by atomic mass is 9.67. The standard InChI is InChI=1S/C15H29N/c1-10(2)16-14-11-6-7-12(14)9-13(8-11)15(3,4)5/h10-14,16H,6-9H2,1-5H3. The van der Waals surface area contributed by atoms with Gasteiger partial charge in [-0.1, -0.05) is 34.6 Å². The average molecular weight is 223 g/mol. The minimum Gasteiger partial charge on any atom is -0.311 e. The number of hydrogen-bond acceptors (Lipinski definition) is 1. The highest BCUT2D eigenvalue weighted by Crippen LogP contribution is 2.50. The van der Waals surface area contributed by atoms with E-state index >= 15 is 0 Å². The zero-order chi connectivity index (χ0) is 11.9. The first kappa shape index (κ1) is 12.4. The molecule has 1 nitrogen and oxygen atoms in total. The lowest BCUT2D eigenvalue weighted by molar-refractivity contribution is 0.103. The molecule has 94 valence electrons. The van der Waals surface area contributed by atoms with Crippen LogP contribution in [0.4, 0.5) is 0 Å². The summed E-state index contributed by atoms with van der Waals surface area (Å²) in [5.74, 6) is 2.88. The summed E-state index contributed by atoms with van der Waals surface area (Å²) < 4.78 is 0. The fourth-order valence-corrected chi connectivity index (χ4v) is 3.89. The molecule has 1 N–H and O–H groups in total. The molecular formula is C15H29N. The van der Waals surface area contributed by atoms with Crippen LogP contribution in [-0.2, 0) is 0 Å². The Bertz CT molecular complexity index is 224. The lowest BCUT2D eigenvalue weighted by Crippen LogP contribution is -2.46. The van der Waals surface area contributed by atoms with Crippen molar-refractivity contribution in [1.29, 1.82) is 0 Å². The van der Waals surface area contributed by atoms with Gasteiger partial charge in [0.25, 0.3) is 0 Å². The Morgan fingerprint density at radius 3 is 1.88 bits per heavy atom. The summed E-state index contributed by atoms with van der Waals surface area (Å²) >= 11 is 0. The predicted octanol–water partition coefficient (Wildman–Crippen LogP) is 3.84. The Morgan fingerprint density at radius 1 is 1.00 bits per heavy atom. The van der Waals surface area contributed by atoms with Crippen molar-refractivity contribution in [3.63, 3.8) is 0 Å². The fourth-order valence-electron chi connectivity index (χ4n) is 3.89. The van der Waals surface area contributed by atoms with Crippen molar-refractivity contribution in [1.82, 2.24) is 5.32 Å². The first-order valence-electron chi connectivity index (χ1n) is 7.14. The second-order valence-electron chi connectivity index (χ2n) is 7.48. The quantitative estimate of drug-likeness (QED) is 0.750. The summed E-state index contributed by atoms with van der Waals surface area (Å²) in [6.07, 6.45) is 5.87. The van der Waals surface area contributed by atoms with Crippen LogP contribution in [-0.4, -0.2) is 12.1 Å². The molecule has 2 bridgehead atoms. The monoisotopic (exact) mass is 223 g/mol. The molecular weight excluding hydrogens is 194 g/mol. The summed E-state index contributed by atoms with van der Waals surface area (Å²) in [5.41, 5.74) is 0.518. The maximum atomic E-state index is 3.82. The van der Waals surface area contributed by atoms with Crippen molar-refractivity contribution < 1.29 is 0 Å². The Morgan fingerprint density at radius 2 is 1.50 bits per heavy atom. The molecule has 1 heteroatoms. The van der Waals surface area contributed by atoms with Crippen molar-refractivity contribution in [2.75, 3.05) is 0 Å². The third-order valence-corrected chi connectivity index (χ3v) is 4.85. The third kappa shape index (κ3) is 2.45. The Hall–Kier alpha value is -0.0400. The molecule has 2 saturated carbocycles. The van der Waals surface area contributed by atoms with Crippen molar-refractivity contribution >= 4 is 0 Å². The normalized spacial score (nSPS) is 39.4. The first-order chi connectivity index (χ1) is 7.38. The molecule has 2 aliphatic carbocycles. The minimum absolute atomic E-state index is 0.518. The van der Waals surface area contributed by atoms with Crippen molar-refractivity contribution in [3.05, 3.63) is 0 Å². The van der Waals surface area contributed by atoms with E-state index in [-0.39, 0.29) is 0 Å². The SMILES string of the molecule is CC(C)NC1C2CCC1CC(C(C)(C)C)C2. The second kappa shape index (κ2) is 4.33. The summed E-state index contributed by atoms with van der Waals surface area (Å²) in [4.78, 5) is 0. The van der Waals surface area contributed by atoms with E-state index in [1.165, 1.54) is 25.7 Å². The van der Waals surface area contributed by atoms with Gasteiger partial charge in [0.05, 0.1) is 0 Å². The van der Waals surface area contributed by atoms with Gasteiger partial charge in [-0.25, -0.2) is 0 Å². The van der Waals surface area contributed by atoms with Gasteiger partial charge in [-0.3, -0.25) is 0 Å². The average Bonchev–Trinajstić information content (AvgIpc) is 2.40. The van der Waals surface area contributed by atoms with Crippen LogP contribution in [0.3, 0.4) is 0 Å². The molecule has 0 saturated heterocycles. The molecule has 0 radical (unpaired) electrons. The van der Waals surface area contributed by atoms with Crippen molar-refractivity contribution in [3.8, 4) is 0 Å². The maximum Gasteiger partial charge on any atom is 0.0126 e. The van der Waals surface area contributed by atoms with E-state index in [0.29, 0.717) is 11.5 Å². The van der Waals surface area contributed by atoms with Crippen LogP contribution in [0, 0.1) is 23.2 Å². The van der Waals surface area contributed by atoms with Gasteiger partial charge in [0, 0.05) is 12.1 Å². The molecule has 2 unspecified atom stereocenters. The van der Waals surface area contributed by atoms with E-state index in [4.69, 9.17) is 0 Å². The number of hydrogen-bond donors (Lipinski definition) is 1. The molecule has 0 amide bonds.